The molecule has 0 spiro atoms. The minimum atomic E-state index is -0.527. The maximum atomic E-state index is 14.4. The first kappa shape index (κ1) is 20.7. The van der Waals surface area contributed by atoms with Gasteiger partial charge in [-0.1, -0.05) is 0 Å². The number of imidazole rings is 1. The Morgan fingerprint density at radius 3 is 2.79 bits per heavy atom. The predicted molar refractivity (Wildman–Crippen MR) is 116 cm³/mol. The van der Waals surface area contributed by atoms with E-state index in [1.165, 1.54) is 36.0 Å². The maximum absolute atomic E-state index is 14.4. The van der Waals surface area contributed by atoms with Crippen LogP contribution >= 0.6 is 0 Å². The monoisotopic (exact) mass is 451 g/mol. The van der Waals surface area contributed by atoms with E-state index in [9.17, 15) is 18.4 Å². The van der Waals surface area contributed by atoms with Crippen LogP contribution in [0.2, 0.25) is 0 Å². The van der Waals surface area contributed by atoms with Gasteiger partial charge in [0.15, 0.2) is 11.5 Å². The summed E-state index contributed by atoms with van der Waals surface area (Å²) in [5.41, 5.74) is 0.511. The van der Waals surface area contributed by atoms with Crippen LogP contribution < -0.4 is 15.8 Å². The Hall–Kier alpha value is -4.15. The maximum Gasteiger partial charge on any atom is 0.277 e. The predicted octanol–water partition coefficient (Wildman–Crippen LogP) is 2.70. The van der Waals surface area contributed by atoms with Crippen molar-refractivity contribution >= 4 is 23.2 Å². The number of aryl methyl sites for hydroxylation is 1. The molecule has 33 heavy (non-hydrogen) atoms. The van der Waals surface area contributed by atoms with Crippen LogP contribution in [0, 0.1) is 11.6 Å². The molecule has 168 valence electrons. The summed E-state index contributed by atoms with van der Waals surface area (Å²) in [7, 11) is 1.45. The zero-order valence-electron chi connectivity index (χ0n) is 17.6. The average molecular weight is 451 g/mol. The van der Waals surface area contributed by atoms with Gasteiger partial charge in [-0.05, 0) is 49.2 Å². The Bertz CT molecular complexity index is 1430. The van der Waals surface area contributed by atoms with Crippen LogP contribution in [0.3, 0.4) is 0 Å². The van der Waals surface area contributed by atoms with Gasteiger partial charge in [-0.25, -0.2) is 18.4 Å². The van der Waals surface area contributed by atoms with Crippen LogP contribution in [0.25, 0.3) is 5.65 Å². The number of benzene rings is 1. The fourth-order valence-electron chi connectivity index (χ4n) is 4.04. The molecular formula is C22H19F2N7O2. The number of carbonyl (C=O) groups excluding carboxylic acids is 1. The molecule has 1 aromatic carbocycles. The molecule has 1 aliphatic rings. The molecule has 0 saturated carbocycles. The van der Waals surface area contributed by atoms with Gasteiger partial charge < -0.3 is 10.2 Å². The van der Waals surface area contributed by atoms with Crippen molar-refractivity contribution in [3.05, 3.63) is 81.9 Å². The van der Waals surface area contributed by atoms with E-state index in [-0.39, 0.29) is 22.9 Å². The van der Waals surface area contributed by atoms with E-state index < -0.39 is 17.5 Å². The molecule has 0 aliphatic carbocycles. The second-order valence-electron chi connectivity index (χ2n) is 7.76. The van der Waals surface area contributed by atoms with Crippen molar-refractivity contribution in [2.45, 2.75) is 18.9 Å². The minimum absolute atomic E-state index is 0.0596. The Labute approximate surface area is 186 Å². The molecule has 1 amide bonds. The van der Waals surface area contributed by atoms with Crippen LogP contribution in [-0.4, -0.2) is 36.8 Å². The molecular weight excluding hydrogens is 432 g/mol. The molecule has 5 rings (SSSR count). The number of halogens is 2. The summed E-state index contributed by atoms with van der Waals surface area (Å²) in [6.45, 7) is 0.623. The molecule has 1 saturated heterocycles. The SMILES string of the molecule is Cn1nc(C(=O)Nc2cnc3ccc(N4CCC[C@@H]4c4cc(F)ccc4F)nn23)ccc1=O. The molecule has 9 nitrogen and oxygen atoms in total. The normalized spacial score (nSPS) is 15.8. The van der Waals surface area contributed by atoms with Crippen LogP contribution in [-0.2, 0) is 7.05 Å². The van der Waals surface area contributed by atoms with E-state index in [1.54, 1.807) is 12.1 Å². The van der Waals surface area contributed by atoms with Crippen LogP contribution in [0.5, 0.6) is 0 Å². The second kappa shape index (κ2) is 8.08. The lowest BCUT2D eigenvalue weighted by atomic mass is 10.0. The number of aromatic nitrogens is 5. The molecule has 1 aliphatic heterocycles. The van der Waals surface area contributed by atoms with Gasteiger partial charge in [0.2, 0.25) is 0 Å². The topological polar surface area (TPSA) is 97.4 Å². The number of fused-ring (bicyclic) bond motifs is 1. The third-order valence-corrected chi connectivity index (χ3v) is 5.65. The quantitative estimate of drug-likeness (QED) is 0.513. The molecule has 0 bridgehead atoms. The van der Waals surface area contributed by atoms with Crippen LogP contribution in [0.1, 0.15) is 34.9 Å². The number of carbonyl (C=O) groups is 1. The first-order valence-electron chi connectivity index (χ1n) is 10.3. The number of nitrogens with zero attached hydrogens (tertiary/aromatic N) is 6. The molecule has 1 atom stereocenters. The van der Waals surface area contributed by atoms with Crippen molar-refractivity contribution in [3.8, 4) is 0 Å². The zero-order chi connectivity index (χ0) is 23.1. The number of hydrogen-bond acceptors (Lipinski definition) is 6. The van der Waals surface area contributed by atoms with Crippen LogP contribution in [0.4, 0.5) is 20.4 Å². The van der Waals surface area contributed by atoms with Crippen molar-refractivity contribution in [3.63, 3.8) is 0 Å². The first-order chi connectivity index (χ1) is 15.9. The standard InChI is InChI=1S/C22H19F2N7O2/c1-29-21(32)9-6-16(27-29)22(33)26-20-12-25-18-7-8-19(28-31(18)20)30-10-2-3-17(30)14-11-13(23)4-5-15(14)24/h4-9,11-12,17H,2-3,10H2,1H3,(H,26,33)/t17-/m1/s1. The number of anilines is 2. The number of amides is 1. The van der Waals surface area contributed by atoms with E-state index in [0.717, 1.165) is 23.2 Å². The highest BCUT2D eigenvalue weighted by molar-refractivity contribution is 6.02. The van der Waals surface area contributed by atoms with Gasteiger partial charge >= 0.3 is 0 Å². The highest BCUT2D eigenvalue weighted by Gasteiger charge is 2.30. The summed E-state index contributed by atoms with van der Waals surface area (Å²) < 4.78 is 30.7. The molecule has 0 unspecified atom stereocenters. The van der Waals surface area contributed by atoms with Crippen molar-refractivity contribution in [1.82, 2.24) is 24.4 Å². The third kappa shape index (κ3) is 3.81. The summed E-state index contributed by atoms with van der Waals surface area (Å²) in [5.74, 6) is -0.633. The third-order valence-electron chi connectivity index (χ3n) is 5.65. The minimum Gasteiger partial charge on any atom is -0.348 e. The highest BCUT2D eigenvalue weighted by atomic mass is 19.1. The molecule has 11 heteroatoms. The average Bonchev–Trinajstić information content (AvgIpc) is 3.44. The van der Waals surface area contributed by atoms with Crippen molar-refractivity contribution in [2.75, 3.05) is 16.8 Å². The van der Waals surface area contributed by atoms with Crippen molar-refractivity contribution in [2.24, 2.45) is 7.05 Å². The Balaban J connectivity index is 1.46. The van der Waals surface area contributed by atoms with E-state index >= 15 is 0 Å². The number of rotatable bonds is 4. The summed E-state index contributed by atoms with van der Waals surface area (Å²) in [6.07, 6.45) is 2.91. The molecule has 0 radical (unpaired) electrons. The van der Waals surface area contributed by atoms with Crippen LogP contribution in [0.15, 0.2) is 53.5 Å². The van der Waals surface area contributed by atoms with Gasteiger partial charge in [0.1, 0.15) is 23.1 Å². The van der Waals surface area contributed by atoms with E-state index in [4.69, 9.17) is 0 Å². The van der Waals surface area contributed by atoms with Gasteiger partial charge in [-0.2, -0.15) is 9.61 Å². The summed E-state index contributed by atoms with van der Waals surface area (Å²) in [5, 5.41) is 11.2. The van der Waals surface area contributed by atoms with Gasteiger partial charge in [0.05, 0.1) is 12.2 Å². The molecule has 3 aromatic heterocycles. The van der Waals surface area contributed by atoms with Gasteiger partial charge in [-0.15, -0.1) is 5.10 Å². The molecule has 1 N–H and O–H groups in total. The number of nitrogens with one attached hydrogen (secondary N) is 1. The Morgan fingerprint density at radius 2 is 1.97 bits per heavy atom. The lowest BCUT2D eigenvalue weighted by Gasteiger charge is -2.26. The largest absolute Gasteiger partial charge is 0.348 e. The van der Waals surface area contributed by atoms with E-state index in [2.05, 4.69) is 20.5 Å². The van der Waals surface area contributed by atoms with Gasteiger partial charge in [-0.3, -0.25) is 9.59 Å². The van der Waals surface area contributed by atoms with E-state index in [1.807, 2.05) is 4.90 Å². The molecule has 4 heterocycles. The summed E-state index contributed by atoms with van der Waals surface area (Å²) in [6, 6.07) is 9.19. The first-order valence-corrected chi connectivity index (χ1v) is 10.3. The Morgan fingerprint density at radius 1 is 1.12 bits per heavy atom. The summed E-state index contributed by atoms with van der Waals surface area (Å²) in [4.78, 5) is 30.3. The Kier molecular flexibility index (Phi) is 5.08. The van der Waals surface area contributed by atoms with Gasteiger partial charge in [0.25, 0.3) is 11.5 Å². The molecule has 4 aromatic rings. The zero-order valence-corrected chi connectivity index (χ0v) is 17.6. The lowest BCUT2D eigenvalue weighted by Crippen LogP contribution is -2.25. The fourth-order valence-corrected chi connectivity index (χ4v) is 4.04. The number of hydrogen-bond donors (Lipinski definition) is 1. The molecule has 1 fully saturated rings. The van der Waals surface area contributed by atoms with Gasteiger partial charge in [0, 0.05) is 25.2 Å². The van der Waals surface area contributed by atoms with Crippen molar-refractivity contribution in [1.29, 1.82) is 0 Å². The summed E-state index contributed by atoms with van der Waals surface area (Å²) >= 11 is 0. The highest BCUT2D eigenvalue weighted by Crippen LogP contribution is 2.36. The second-order valence-corrected chi connectivity index (χ2v) is 7.76. The van der Waals surface area contributed by atoms with Crippen molar-refractivity contribution < 1.29 is 13.6 Å². The fraction of sp³-hybridized carbons (Fsp3) is 0.227. The smallest absolute Gasteiger partial charge is 0.277 e. The van der Waals surface area contributed by atoms with E-state index in [0.29, 0.717) is 30.2 Å². The lowest BCUT2D eigenvalue weighted by molar-refractivity contribution is 0.101.